The third-order valence-electron chi connectivity index (χ3n) is 2.28. The number of halogens is 1. The second-order valence-corrected chi connectivity index (χ2v) is 4.33. The van der Waals surface area contributed by atoms with Gasteiger partial charge >= 0.3 is 5.97 Å². The summed E-state index contributed by atoms with van der Waals surface area (Å²) in [5.74, 6) is -0.286. The molecule has 0 atom stereocenters. The van der Waals surface area contributed by atoms with E-state index in [2.05, 4.69) is 20.9 Å². The average molecular weight is 298 g/mol. The van der Waals surface area contributed by atoms with Crippen molar-refractivity contribution in [3.63, 3.8) is 0 Å². The van der Waals surface area contributed by atoms with Crippen molar-refractivity contribution < 1.29 is 9.53 Å². The average Bonchev–Trinajstić information content (AvgIpc) is 2.69. The van der Waals surface area contributed by atoms with Crippen LogP contribution in [-0.4, -0.2) is 22.0 Å². The van der Waals surface area contributed by atoms with Crippen LogP contribution in [0.2, 0.25) is 0 Å². The summed E-state index contributed by atoms with van der Waals surface area (Å²) in [6, 6.07) is 3.60. The summed E-state index contributed by atoms with van der Waals surface area (Å²) in [5.41, 5.74) is 7.66. The zero-order valence-electron chi connectivity index (χ0n) is 9.31. The number of esters is 1. The van der Waals surface area contributed by atoms with Crippen molar-refractivity contribution in [3.8, 4) is 0 Å². The minimum absolute atomic E-state index is 0.154. The number of aromatic nitrogens is 2. The minimum atomic E-state index is -0.286. The zero-order valence-corrected chi connectivity index (χ0v) is 10.9. The maximum absolute atomic E-state index is 11.3. The molecule has 90 valence electrons. The van der Waals surface area contributed by atoms with Crippen molar-refractivity contribution in [1.82, 2.24) is 9.38 Å². The molecule has 0 aliphatic heterocycles. The van der Waals surface area contributed by atoms with Crippen molar-refractivity contribution in [2.24, 2.45) is 0 Å². The molecule has 0 fully saturated rings. The number of pyridine rings is 1. The van der Waals surface area contributed by atoms with Gasteiger partial charge in [-0.15, -0.1) is 0 Å². The molecule has 0 saturated carbocycles. The number of fused-ring (bicyclic) bond motifs is 1. The van der Waals surface area contributed by atoms with E-state index in [1.54, 1.807) is 23.6 Å². The van der Waals surface area contributed by atoms with Gasteiger partial charge in [0, 0.05) is 6.20 Å². The highest BCUT2D eigenvalue weighted by molar-refractivity contribution is 9.10. The zero-order chi connectivity index (χ0) is 12.4. The molecule has 5 nitrogen and oxygen atoms in total. The first-order valence-corrected chi connectivity index (χ1v) is 5.98. The molecule has 6 heteroatoms. The van der Waals surface area contributed by atoms with Gasteiger partial charge in [0.15, 0.2) is 5.65 Å². The summed E-state index contributed by atoms with van der Waals surface area (Å²) in [6.45, 7) is 2.15. The number of nitrogen functional groups attached to an aromatic ring is 1. The second kappa shape index (κ2) is 4.75. The van der Waals surface area contributed by atoms with Gasteiger partial charge in [-0.1, -0.05) is 0 Å². The van der Waals surface area contributed by atoms with Gasteiger partial charge in [0.1, 0.15) is 0 Å². The van der Waals surface area contributed by atoms with Crippen LogP contribution >= 0.6 is 15.9 Å². The molecular weight excluding hydrogens is 286 g/mol. The van der Waals surface area contributed by atoms with E-state index >= 15 is 0 Å². The largest absolute Gasteiger partial charge is 0.466 e. The molecule has 2 N–H and O–H groups in total. The molecule has 0 bridgehead atoms. The molecule has 2 aromatic heterocycles. The molecule has 0 radical (unpaired) electrons. The van der Waals surface area contributed by atoms with E-state index in [1.807, 2.05) is 6.07 Å². The second-order valence-electron chi connectivity index (χ2n) is 3.52. The van der Waals surface area contributed by atoms with E-state index in [-0.39, 0.29) is 12.4 Å². The third-order valence-corrected chi connectivity index (χ3v) is 2.92. The van der Waals surface area contributed by atoms with Crippen LogP contribution in [0.15, 0.2) is 22.9 Å². The van der Waals surface area contributed by atoms with Crippen molar-refractivity contribution in [2.75, 3.05) is 12.3 Å². The summed E-state index contributed by atoms with van der Waals surface area (Å²) < 4.78 is 7.50. The summed E-state index contributed by atoms with van der Waals surface area (Å²) in [4.78, 5) is 15.6. The third kappa shape index (κ3) is 2.41. The van der Waals surface area contributed by atoms with Gasteiger partial charge in [-0.25, -0.2) is 4.98 Å². The highest BCUT2D eigenvalue weighted by Gasteiger charge is 2.11. The van der Waals surface area contributed by atoms with Crippen molar-refractivity contribution in [2.45, 2.75) is 13.3 Å². The number of rotatable bonds is 3. The van der Waals surface area contributed by atoms with Crippen LogP contribution in [0.4, 0.5) is 5.69 Å². The first kappa shape index (κ1) is 11.9. The molecule has 0 saturated heterocycles. The first-order chi connectivity index (χ1) is 8.11. The first-order valence-electron chi connectivity index (χ1n) is 5.19. The molecule has 0 aliphatic carbocycles. The molecular formula is C11H12BrN3O2. The standard InChI is InChI=1S/C11H12BrN3O2/c1-2-17-10(16)5-7-6-15-9(12)4-3-8(13)11(15)14-7/h3-4,6H,2,5,13H2,1H3. The molecule has 0 unspecified atom stereocenters. The van der Waals surface area contributed by atoms with Crippen LogP contribution in [0.5, 0.6) is 0 Å². The number of ether oxygens (including phenoxy) is 1. The highest BCUT2D eigenvalue weighted by atomic mass is 79.9. The fourth-order valence-electron chi connectivity index (χ4n) is 1.55. The number of nitrogens with zero attached hydrogens (tertiary/aromatic N) is 2. The molecule has 0 aromatic carbocycles. The Labute approximate surface area is 107 Å². The van der Waals surface area contributed by atoms with Gasteiger partial charge in [-0.3, -0.25) is 9.20 Å². The van der Waals surface area contributed by atoms with Crippen LogP contribution in [0.25, 0.3) is 5.65 Å². The predicted molar refractivity (Wildman–Crippen MR) is 67.6 cm³/mol. The van der Waals surface area contributed by atoms with E-state index < -0.39 is 0 Å². The maximum atomic E-state index is 11.3. The predicted octanol–water partition coefficient (Wildman–Crippen LogP) is 1.78. The highest BCUT2D eigenvalue weighted by Crippen LogP contribution is 2.20. The van der Waals surface area contributed by atoms with Gasteiger partial charge in [0.05, 0.1) is 29.0 Å². The van der Waals surface area contributed by atoms with Crippen LogP contribution in [0.1, 0.15) is 12.6 Å². The lowest BCUT2D eigenvalue weighted by molar-refractivity contribution is -0.142. The number of hydrogen-bond donors (Lipinski definition) is 1. The maximum Gasteiger partial charge on any atom is 0.311 e. The number of nitrogens with two attached hydrogens (primary N) is 1. The summed E-state index contributed by atoms with van der Waals surface area (Å²) >= 11 is 3.39. The van der Waals surface area contributed by atoms with Crippen LogP contribution < -0.4 is 5.73 Å². The van der Waals surface area contributed by atoms with E-state index in [1.165, 1.54) is 0 Å². The van der Waals surface area contributed by atoms with Crippen molar-refractivity contribution >= 4 is 33.2 Å². The number of carbonyl (C=O) groups excluding carboxylic acids is 1. The van der Waals surface area contributed by atoms with Gasteiger partial charge in [0.25, 0.3) is 0 Å². The SMILES string of the molecule is CCOC(=O)Cc1cn2c(Br)ccc(N)c2n1. The fraction of sp³-hybridized carbons (Fsp3) is 0.273. The number of anilines is 1. The Kier molecular flexibility index (Phi) is 3.33. The van der Waals surface area contributed by atoms with Crippen molar-refractivity contribution in [3.05, 3.63) is 28.6 Å². The topological polar surface area (TPSA) is 69.6 Å². The molecule has 2 aromatic rings. The van der Waals surface area contributed by atoms with Crippen LogP contribution in [0, 0.1) is 0 Å². The molecule has 0 aliphatic rings. The van der Waals surface area contributed by atoms with E-state index in [0.717, 1.165) is 4.60 Å². The quantitative estimate of drug-likeness (QED) is 0.693. The van der Waals surface area contributed by atoms with Gasteiger partial charge in [-0.2, -0.15) is 0 Å². The summed E-state index contributed by atoms with van der Waals surface area (Å²) in [6.07, 6.45) is 1.92. The van der Waals surface area contributed by atoms with Crippen molar-refractivity contribution in [1.29, 1.82) is 0 Å². The number of hydrogen-bond acceptors (Lipinski definition) is 4. The van der Waals surface area contributed by atoms with Gasteiger partial charge in [-0.05, 0) is 35.0 Å². The van der Waals surface area contributed by atoms with E-state index in [9.17, 15) is 4.79 Å². The molecule has 2 rings (SSSR count). The Bertz CT molecular complexity index is 526. The monoisotopic (exact) mass is 297 g/mol. The normalized spacial score (nSPS) is 10.7. The number of imidazole rings is 1. The molecule has 17 heavy (non-hydrogen) atoms. The Balaban J connectivity index is 2.35. The van der Waals surface area contributed by atoms with Crippen LogP contribution in [-0.2, 0) is 16.0 Å². The molecule has 0 amide bonds. The Hall–Kier alpha value is -1.56. The summed E-state index contributed by atoms with van der Waals surface area (Å²) in [5, 5.41) is 0. The minimum Gasteiger partial charge on any atom is -0.466 e. The molecule has 2 heterocycles. The van der Waals surface area contributed by atoms with E-state index in [0.29, 0.717) is 23.6 Å². The van der Waals surface area contributed by atoms with Gasteiger partial charge < -0.3 is 10.5 Å². The Morgan fingerprint density at radius 3 is 3.00 bits per heavy atom. The Morgan fingerprint density at radius 1 is 1.59 bits per heavy atom. The smallest absolute Gasteiger partial charge is 0.311 e. The number of carbonyl (C=O) groups is 1. The lowest BCUT2D eigenvalue weighted by Crippen LogP contribution is -2.07. The lowest BCUT2D eigenvalue weighted by Gasteiger charge is -1.98. The fourth-order valence-corrected chi connectivity index (χ4v) is 1.96. The summed E-state index contributed by atoms with van der Waals surface area (Å²) in [7, 11) is 0. The van der Waals surface area contributed by atoms with Crippen LogP contribution in [0.3, 0.4) is 0 Å². The lowest BCUT2D eigenvalue weighted by atomic mass is 10.3. The Morgan fingerprint density at radius 2 is 2.35 bits per heavy atom. The van der Waals surface area contributed by atoms with E-state index in [4.69, 9.17) is 10.5 Å². The van der Waals surface area contributed by atoms with Gasteiger partial charge in [0.2, 0.25) is 0 Å². The molecule has 0 spiro atoms.